The van der Waals surface area contributed by atoms with E-state index in [4.69, 9.17) is 0 Å². The van der Waals surface area contributed by atoms with Crippen molar-refractivity contribution in [2.45, 2.75) is 26.4 Å². The summed E-state index contributed by atoms with van der Waals surface area (Å²) < 4.78 is 0. The van der Waals surface area contributed by atoms with E-state index < -0.39 is 0 Å². The van der Waals surface area contributed by atoms with Crippen molar-refractivity contribution in [1.29, 1.82) is 0 Å². The van der Waals surface area contributed by atoms with Crippen LogP contribution in [0.2, 0.25) is 0 Å². The van der Waals surface area contributed by atoms with Gasteiger partial charge in [0.05, 0.1) is 4.92 Å². The number of aryl methyl sites for hydroxylation is 1. The minimum atomic E-state index is -0.361. The van der Waals surface area contributed by atoms with Gasteiger partial charge in [-0.3, -0.25) is 10.1 Å². The van der Waals surface area contributed by atoms with E-state index in [9.17, 15) is 10.1 Å². The first-order valence-corrected chi connectivity index (χ1v) is 6.96. The Morgan fingerprint density at radius 2 is 2.21 bits per heavy atom. The molecule has 1 aromatic heterocycles. The van der Waals surface area contributed by atoms with Gasteiger partial charge in [0.1, 0.15) is 0 Å². The van der Waals surface area contributed by atoms with Crippen LogP contribution in [0.1, 0.15) is 29.0 Å². The molecule has 0 amide bonds. The van der Waals surface area contributed by atoms with Crippen LogP contribution in [0, 0.1) is 17.0 Å². The zero-order valence-corrected chi connectivity index (χ0v) is 11.7. The highest BCUT2D eigenvalue weighted by Gasteiger charge is 2.11. The van der Waals surface area contributed by atoms with Crippen LogP contribution in [-0.4, -0.2) is 4.92 Å². The highest BCUT2D eigenvalue weighted by molar-refractivity contribution is 7.10. The lowest BCUT2D eigenvalue weighted by Crippen LogP contribution is -2.17. The van der Waals surface area contributed by atoms with E-state index >= 15 is 0 Å². The summed E-state index contributed by atoms with van der Waals surface area (Å²) in [4.78, 5) is 11.7. The van der Waals surface area contributed by atoms with Gasteiger partial charge in [0.2, 0.25) is 0 Å². The lowest BCUT2D eigenvalue weighted by molar-refractivity contribution is -0.384. The standard InChI is InChI=1S/C14H16N2O2S/c1-10-6-7-19-14(10)9-15-11(2)12-4-3-5-13(8-12)16(17)18/h3-8,11,15H,9H2,1-2H3. The molecule has 0 radical (unpaired) electrons. The first kappa shape index (κ1) is 13.7. The fourth-order valence-corrected chi connectivity index (χ4v) is 2.71. The SMILES string of the molecule is Cc1ccsc1CNC(C)c1cccc([N+](=O)[O-])c1. The van der Waals surface area contributed by atoms with Crippen molar-refractivity contribution in [3.05, 3.63) is 61.8 Å². The van der Waals surface area contributed by atoms with Crippen molar-refractivity contribution in [1.82, 2.24) is 5.32 Å². The van der Waals surface area contributed by atoms with Crippen molar-refractivity contribution in [2.75, 3.05) is 0 Å². The lowest BCUT2D eigenvalue weighted by Gasteiger charge is -2.13. The number of rotatable bonds is 5. The Morgan fingerprint density at radius 1 is 1.42 bits per heavy atom. The third-order valence-electron chi connectivity index (χ3n) is 3.12. The molecule has 0 aliphatic rings. The number of non-ortho nitro benzene ring substituents is 1. The Balaban J connectivity index is 2.03. The summed E-state index contributed by atoms with van der Waals surface area (Å²) in [6.45, 7) is 4.89. The van der Waals surface area contributed by atoms with Gasteiger partial charge in [-0.15, -0.1) is 11.3 Å². The van der Waals surface area contributed by atoms with Gasteiger partial charge in [-0.05, 0) is 36.4 Å². The third-order valence-corrected chi connectivity index (χ3v) is 4.14. The predicted octanol–water partition coefficient (Wildman–Crippen LogP) is 3.82. The van der Waals surface area contributed by atoms with Crippen LogP contribution in [0.4, 0.5) is 5.69 Å². The average Bonchev–Trinajstić information content (AvgIpc) is 2.81. The molecule has 1 atom stereocenters. The summed E-state index contributed by atoms with van der Waals surface area (Å²) in [6.07, 6.45) is 0. The Bertz CT molecular complexity index is 580. The van der Waals surface area contributed by atoms with Gasteiger partial charge in [-0.2, -0.15) is 0 Å². The molecule has 1 N–H and O–H groups in total. The first-order chi connectivity index (χ1) is 9.08. The lowest BCUT2D eigenvalue weighted by atomic mass is 10.1. The van der Waals surface area contributed by atoms with Crippen LogP contribution in [0.3, 0.4) is 0 Å². The smallest absolute Gasteiger partial charge is 0.269 e. The fraction of sp³-hybridized carbons (Fsp3) is 0.286. The fourth-order valence-electron chi connectivity index (χ4n) is 1.86. The summed E-state index contributed by atoms with van der Waals surface area (Å²) in [5.41, 5.74) is 2.35. The van der Waals surface area contributed by atoms with Crippen molar-refractivity contribution in [3.8, 4) is 0 Å². The molecule has 2 rings (SSSR count). The van der Waals surface area contributed by atoms with Crippen LogP contribution in [-0.2, 0) is 6.54 Å². The monoisotopic (exact) mass is 276 g/mol. The maximum atomic E-state index is 10.8. The molecule has 1 unspecified atom stereocenters. The molecule has 0 bridgehead atoms. The molecule has 0 saturated heterocycles. The Hall–Kier alpha value is -1.72. The maximum absolute atomic E-state index is 10.8. The zero-order chi connectivity index (χ0) is 13.8. The molecule has 0 aliphatic carbocycles. The van der Waals surface area contributed by atoms with Crippen LogP contribution < -0.4 is 5.32 Å². The summed E-state index contributed by atoms with van der Waals surface area (Å²) in [5.74, 6) is 0. The second kappa shape index (κ2) is 5.95. The molecular weight excluding hydrogens is 260 g/mol. The first-order valence-electron chi connectivity index (χ1n) is 6.08. The van der Waals surface area contributed by atoms with Gasteiger partial charge < -0.3 is 5.32 Å². The Labute approximate surface area is 116 Å². The minimum Gasteiger partial charge on any atom is -0.305 e. The van der Waals surface area contributed by atoms with Crippen LogP contribution in [0.25, 0.3) is 0 Å². The van der Waals surface area contributed by atoms with E-state index in [2.05, 4.69) is 23.7 Å². The van der Waals surface area contributed by atoms with Crippen molar-refractivity contribution in [3.63, 3.8) is 0 Å². The molecule has 19 heavy (non-hydrogen) atoms. The van der Waals surface area contributed by atoms with Crippen molar-refractivity contribution in [2.24, 2.45) is 0 Å². The molecule has 0 aliphatic heterocycles. The molecule has 100 valence electrons. The average molecular weight is 276 g/mol. The zero-order valence-electron chi connectivity index (χ0n) is 10.9. The Morgan fingerprint density at radius 3 is 2.84 bits per heavy atom. The van der Waals surface area contributed by atoms with Gasteiger partial charge in [0.25, 0.3) is 5.69 Å². The Kier molecular flexibility index (Phi) is 4.29. The van der Waals surface area contributed by atoms with Crippen LogP contribution in [0.15, 0.2) is 35.7 Å². The highest BCUT2D eigenvalue weighted by atomic mass is 32.1. The summed E-state index contributed by atoms with van der Waals surface area (Å²) in [6, 6.07) is 8.95. The molecule has 0 saturated carbocycles. The molecule has 4 nitrogen and oxygen atoms in total. The molecule has 0 fully saturated rings. The van der Waals surface area contributed by atoms with Gasteiger partial charge in [-0.1, -0.05) is 12.1 Å². The molecule has 2 aromatic rings. The number of thiophene rings is 1. The highest BCUT2D eigenvalue weighted by Crippen LogP contribution is 2.21. The number of hydrogen-bond donors (Lipinski definition) is 1. The van der Waals surface area contributed by atoms with E-state index in [0.29, 0.717) is 0 Å². The molecule has 0 spiro atoms. The van der Waals surface area contributed by atoms with Gasteiger partial charge in [-0.25, -0.2) is 0 Å². The molecular formula is C14H16N2O2S. The number of nitrogens with zero attached hydrogens (tertiary/aromatic N) is 1. The second-order valence-corrected chi connectivity index (χ2v) is 5.48. The molecule has 1 heterocycles. The predicted molar refractivity (Wildman–Crippen MR) is 77.4 cm³/mol. The summed E-state index contributed by atoms with van der Waals surface area (Å²) in [7, 11) is 0. The number of benzene rings is 1. The number of hydrogen-bond acceptors (Lipinski definition) is 4. The largest absolute Gasteiger partial charge is 0.305 e. The number of nitrogens with one attached hydrogen (secondary N) is 1. The topological polar surface area (TPSA) is 55.2 Å². The quantitative estimate of drug-likeness (QED) is 0.667. The van der Waals surface area contributed by atoms with Gasteiger partial charge in [0.15, 0.2) is 0 Å². The second-order valence-electron chi connectivity index (χ2n) is 4.48. The number of nitro benzene ring substituents is 1. The van der Waals surface area contributed by atoms with E-state index in [1.165, 1.54) is 16.5 Å². The van der Waals surface area contributed by atoms with E-state index in [0.717, 1.165) is 12.1 Å². The van der Waals surface area contributed by atoms with Crippen LogP contribution in [0.5, 0.6) is 0 Å². The van der Waals surface area contributed by atoms with Crippen molar-refractivity contribution >= 4 is 17.0 Å². The minimum absolute atomic E-state index is 0.0846. The third kappa shape index (κ3) is 3.39. The van der Waals surface area contributed by atoms with Crippen LogP contribution >= 0.6 is 11.3 Å². The molecule has 5 heteroatoms. The number of nitro groups is 1. The van der Waals surface area contributed by atoms with E-state index in [1.54, 1.807) is 23.5 Å². The maximum Gasteiger partial charge on any atom is 0.269 e. The van der Waals surface area contributed by atoms with Gasteiger partial charge in [0, 0.05) is 29.6 Å². The summed E-state index contributed by atoms with van der Waals surface area (Å²) in [5, 5.41) is 16.2. The van der Waals surface area contributed by atoms with Crippen molar-refractivity contribution < 1.29 is 4.92 Å². The van der Waals surface area contributed by atoms with E-state index in [1.807, 2.05) is 13.0 Å². The van der Waals surface area contributed by atoms with Gasteiger partial charge >= 0.3 is 0 Å². The van der Waals surface area contributed by atoms with E-state index in [-0.39, 0.29) is 16.7 Å². The molecule has 1 aromatic carbocycles. The normalized spacial score (nSPS) is 12.3. The summed E-state index contributed by atoms with van der Waals surface area (Å²) >= 11 is 1.72.